The molecule has 0 fully saturated rings. The Labute approximate surface area is 333 Å². The number of ether oxygens (including phenoxy) is 1. The third-order valence-corrected chi connectivity index (χ3v) is 12.1. The number of rotatable bonds is 5. The van der Waals surface area contributed by atoms with E-state index in [4.69, 9.17) is 4.74 Å². The Kier molecular flexibility index (Phi) is 7.42. The molecule has 9 aromatic carbocycles. The number of nitrogens with zero attached hydrogens (tertiary/aromatic N) is 2. The van der Waals surface area contributed by atoms with Crippen LogP contribution in [0.1, 0.15) is 30.5 Å². The Morgan fingerprint density at radius 3 is 1.88 bits per heavy atom. The van der Waals surface area contributed by atoms with Crippen LogP contribution < -0.4 is 14.5 Å². The summed E-state index contributed by atoms with van der Waals surface area (Å²) in [6.07, 6.45) is 0. The summed E-state index contributed by atoms with van der Waals surface area (Å²) < 4.78 is 6.71. The fourth-order valence-corrected chi connectivity index (χ4v) is 9.42. The van der Waals surface area contributed by atoms with Crippen LogP contribution in [0.4, 0.5) is 34.1 Å². The number of hydrogen-bond acceptors (Lipinski definition) is 3. The molecule has 3 heteroatoms. The summed E-state index contributed by atoms with van der Waals surface area (Å²) in [4.78, 5) is 4.86. The summed E-state index contributed by atoms with van der Waals surface area (Å²) in [6, 6.07) is 68.2. The molecule has 2 aliphatic rings. The van der Waals surface area contributed by atoms with E-state index in [1.54, 1.807) is 0 Å². The van der Waals surface area contributed by atoms with Gasteiger partial charge in [0, 0.05) is 22.2 Å². The second kappa shape index (κ2) is 12.7. The van der Waals surface area contributed by atoms with E-state index < -0.39 is 0 Å². The van der Waals surface area contributed by atoms with E-state index in [1.807, 2.05) is 0 Å². The molecule has 11 rings (SSSR count). The molecule has 0 unspecified atom stereocenters. The molecular formula is C54H40N2O. The molecule has 272 valence electrons. The van der Waals surface area contributed by atoms with Gasteiger partial charge in [0.1, 0.15) is 0 Å². The zero-order valence-corrected chi connectivity index (χ0v) is 32.2. The normalized spacial score (nSPS) is 13.4. The van der Waals surface area contributed by atoms with E-state index in [9.17, 15) is 0 Å². The fraction of sp³-hybridized carbons (Fsp3) is 0.0741. The minimum atomic E-state index is -0.285. The highest BCUT2D eigenvalue weighted by atomic mass is 16.5. The molecular weight excluding hydrogens is 693 g/mol. The largest absolute Gasteiger partial charge is 0.453 e. The predicted octanol–water partition coefficient (Wildman–Crippen LogP) is 15.3. The number of aryl methyl sites for hydroxylation is 1. The molecule has 3 nitrogen and oxygen atoms in total. The van der Waals surface area contributed by atoms with Crippen molar-refractivity contribution < 1.29 is 4.74 Å². The first-order valence-corrected chi connectivity index (χ1v) is 19.8. The van der Waals surface area contributed by atoms with E-state index in [0.29, 0.717) is 0 Å². The van der Waals surface area contributed by atoms with Crippen molar-refractivity contribution >= 4 is 55.7 Å². The molecule has 0 saturated carbocycles. The monoisotopic (exact) mass is 732 g/mol. The number of anilines is 6. The molecule has 0 saturated heterocycles. The second-order valence-electron chi connectivity index (χ2n) is 15.8. The molecule has 57 heavy (non-hydrogen) atoms. The first kappa shape index (κ1) is 33.3. The summed E-state index contributed by atoms with van der Waals surface area (Å²) in [6.45, 7) is 6.89. The summed E-state index contributed by atoms with van der Waals surface area (Å²) >= 11 is 0. The van der Waals surface area contributed by atoms with Crippen molar-refractivity contribution in [3.05, 3.63) is 205 Å². The molecule has 0 radical (unpaired) electrons. The first-order valence-electron chi connectivity index (χ1n) is 19.8. The van der Waals surface area contributed by atoms with Crippen LogP contribution in [0.15, 0.2) is 188 Å². The van der Waals surface area contributed by atoms with E-state index in [1.165, 1.54) is 66.2 Å². The van der Waals surface area contributed by atoms with Crippen LogP contribution in [0, 0.1) is 6.92 Å². The lowest BCUT2D eigenvalue weighted by Gasteiger charge is -2.46. The Balaban J connectivity index is 1.09. The molecule has 2 heterocycles. The topological polar surface area (TPSA) is 15.7 Å². The summed E-state index contributed by atoms with van der Waals surface area (Å²) in [5.41, 5.74) is 15.0. The minimum absolute atomic E-state index is 0.285. The molecule has 0 aromatic heterocycles. The van der Waals surface area contributed by atoms with Crippen molar-refractivity contribution in [2.75, 3.05) is 9.80 Å². The summed E-state index contributed by atoms with van der Waals surface area (Å²) in [5, 5.41) is 4.93. The highest BCUT2D eigenvalue weighted by molar-refractivity contribution is 6.14. The zero-order chi connectivity index (χ0) is 38.3. The van der Waals surface area contributed by atoms with Crippen LogP contribution in [-0.4, -0.2) is 0 Å². The van der Waals surface area contributed by atoms with Crippen LogP contribution in [0.3, 0.4) is 0 Å². The average Bonchev–Trinajstić information content (AvgIpc) is 3.26. The maximum Gasteiger partial charge on any atom is 0.151 e. The number of hydrogen-bond donors (Lipinski definition) is 0. The molecule has 0 aliphatic carbocycles. The maximum absolute atomic E-state index is 6.71. The van der Waals surface area contributed by atoms with Crippen LogP contribution in [0.5, 0.6) is 11.5 Å². The summed E-state index contributed by atoms with van der Waals surface area (Å²) in [7, 11) is 0. The van der Waals surface area contributed by atoms with Gasteiger partial charge in [-0.25, -0.2) is 0 Å². The van der Waals surface area contributed by atoms with E-state index in [2.05, 4.69) is 219 Å². The van der Waals surface area contributed by atoms with Crippen LogP contribution in [0.25, 0.3) is 43.8 Å². The molecule has 0 N–H and O–H groups in total. The van der Waals surface area contributed by atoms with E-state index in [-0.39, 0.29) is 5.41 Å². The Bertz CT molecular complexity index is 3020. The van der Waals surface area contributed by atoms with Gasteiger partial charge < -0.3 is 14.5 Å². The third kappa shape index (κ3) is 5.12. The van der Waals surface area contributed by atoms with Gasteiger partial charge in [-0.15, -0.1) is 0 Å². The highest BCUT2D eigenvalue weighted by Gasteiger charge is 2.43. The van der Waals surface area contributed by atoms with Crippen molar-refractivity contribution in [3.8, 4) is 33.8 Å². The highest BCUT2D eigenvalue weighted by Crippen LogP contribution is 2.62. The van der Waals surface area contributed by atoms with Gasteiger partial charge in [0.15, 0.2) is 11.5 Å². The molecule has 9 aromatic rings. The Hall–Kier alpha value is -7.10. The van der Waals surface area contributed by atoms with Gasteiger partial charge in [-0.05, 0) is 111 Å². The molecule has 0 bridgehead atoms. The lowest BCUT2D eigenvalue weighted by molar-refractivity contribution is 0.471. The van der Waals surface area contributed by atoms with Crippen molar-refractivity contribution in [2.24, 2.45) is 0 Å². The van der Waals surface area contributed by atoms with Gasteiger partial charge in [0.05, 0.1) is 22.7 Å². The summed E-state index contributed by atoms with van der Waals surface area (Å²) in [5.74, 6) is 1.78. The lowest BCUT2D eigenvalue weighted by atomic mass is 9.70. The Morgan fingerprint density at radius 1 is 0.491 bits per heavy atom. The molecule has 0 spiro atoms. The van der Waals surface area contributed by atoms with Crippen molar-refractivity contribution in [1.82, 2.24) is 0 Å². The lowest BCUT2D eigenvalue weighted by Crippen LogP contribution is -2.33. The van der Waals surface area contributed by atoms with Crippen molar-refractivity contribution in [1.29, 1.82) is 0 Å². The van der Waals surface area contributed by atoms with E-state index in [0.717, 1.165) is 39.9 Å². The zero-order valence-electron chi connectivity index (χ0n) is 32.2. The van der Waals surface area contributed by atoms with Gasteiger partial charge in [-0.2, -0.15) is 0 Å². The second-order valence-corrected chi connectivity index (χ2v) is 15.8. The quantitative estimate of drug-likeness (QED) is 0.164. The Morgan fingerprint density at radius 2 is 1.11 bits per heavy atom. The average molecular weight is 733 g/mol. The fourth-order valence-electron chi connectivity index (χ4n) is 9.42. The molecule has 0 atom stereocenters. The standard InChI is InChI=1S/C54H40N2O/c1-35-14-13-23-49-52(35)56-47-22-12-11-21-46(47)54(2,3)51-43(32-33-50(57-49)53(51)56)38-26-30-41(31-27-38)55(40-28-24-37(25-29-40)36-15-5-4-6-16-36)48-34-39-17-7-8-18-42(39)44-19-9-10-20-45(44)48/h4-34H,1-3H3. The van der Waals surface area contributed by atoms with Crippen molar-refractivity contribution in [3.63, 3.8) is 0 Å². The van der Waals surface area contributed by atoms with Crippen LogP contribution in [-0.2, 0) is 5.41 Å². The number of para-hydroxylation sites is 2. The molecule has 2 aliphatic heterocycles. The van der Waals surface area contributed by atoms with E-state index >= 15 is 0 Å². The smallest absolute Gasteiger partial charge is 0.151 e. The number of benzene rings is 9. The van der Waals surface area contributed by atoms with Crippen LogP contribution >= 0.6 is 0 Å². The predicted molar refractivity (Wildman–Crippen MR) is 239 cm³/mol. The van der Waals surface area contributed by atoms with Crippen molar-refractivity contribution in [2.45, 2.75) is 26.2 Å². The third-order valence-electron chi connectivity index (χ3n) is 12.1. The van der Waals surface area contributed by atoms with Gasteiger partial charge in [-0.3, -0.25) is 0 Å². The van der Waals surface area contributed by atoms with Gasteiger partial charge in [0.25, 0.3) is 0 Å². The van der Waals surface area contributed by atoms with Crippen LogP contribution in [0.2, 0.25) is 0 Å². The number of fused-ring (bicyclic) bond motifs is 7. The first-order chi connectivity index (χ1) is 28.0. The van der Waals surface area contributed by atoms with Gasteiger partial charge >= 0.3 is 0 Å². The van der Waals surface area contributed by atoms with Gasteiger partial charge in [0.2, 0.25) is 0 Å². The minimum Gasteiger partial charge on any atom is -0.453 e. The SMILES string of the molecule is Cc1cccc2c1N1c3ccccc3C(C)(C)c3c(-c4ccc(N(c5ccc(-c6ccccc6)cc5)c5cc6ccccc6c6ccccc56)cc4)ccc(c31)O2. The van der Waals surface area contributed by atoms with Gasteiger partial charge in [-0.1, -0.05) is 153 Å². The molecule has 0 amide bonds. The maximum atomic E-state index is 6.71.